The Morgan fingerprint density at radius 1 is 1.04 bits per heavy atom. The molecular formula is C54H68N9O8+. The van der Waals surface area contributed by atoms with Crippen molar-refractivity contribution in [2.75, 3.05) is 48.1 Å². The van der Waals surface area contributed by atoms with E-state index in [0.717, 1.165) is 55.5 Å². The molecule has 0 aliphatic carbocycles. The Balaban J connectivity index is 1.19. The number of hydrogen-bond acceptors (Lipinski definition) is 12. The van der Waals surface area contributed by atoms with Crippen LogP contribution in [0.4, 0.5) is 0 Å². The van der Waals surface area contributed by atoms with Crippen LogP contribution in [0.5, 0.6) is 11.5 Å². The second kappa shape index (κ2) is 23.3. The summed E-state index contributed by atoms with van der Waals surface area (Å²) in [5.74, 6) is -0.271. The van der Waals surface area contributed by atoms with E-state index in [0.29, 0.717) is 55.4 Å². The fraction of sp³-hybridized carbons (Fsp3) is 0.463. The number of ether oxygens (including phenoxy) is 3. The summed E-state index contributed by atoms with van der Waals surface area (Å²) < 4.78 is 18.9. The van der Waals surface area contributed by atoms with Gasteiger partial charge in [-0.2, -0.15) is 5.43 Å². The number of rotatable bonds is 15. The van der Waals surface area contributed by atoms with E-state index < -0.39 is 35.5 Å². The van der Waals surface area contributed by atoms with Crippen molar-refractivity contribution in [3.8, 4) is 33.9 Å². The lowest BCUT2D eigenvalue weighted by atomic mass is 9.84. The number of aromatic nitrogens is 2. The van der Waals surface area contributed by atoms with Crippen molar-refractivity contribution >= 4 is 34.6 Å². The van der Waals surface area contributed by atoms with Gasteiger partial charge in [-0.25, -0.2) is 14.8 Å². The number of aliphatic imine (C=N–C) groups is 2. The van der Waals surface area contributed by atoms with Crippen LogP contribution in [0.2, 0.25) is 0 Å². The predicted molar refractivity (Wildman–Crippen MR) is 272 cm³/mol. The minimum Gasteiger partial charge on any atom is -0.496 e. The third kappa shape index (κ3) is 12.0. The number of pyridine rings is 1. The van der Waals surface area contributed by atoms with Crippen molar-refractivity contribution in [3.05, 3.63) is 106 Å². The number of benzene rings is 3. The molecule has 1 fully saturated rings. The van der Waals surface area contributed by atoms with Crippen molar-refractivity contribution in [3.63, 3.8) is 0 Å². The van der Waals surface area contributed by atoms with Gasteiger partial charge in [0, 0.05) is 80.8 Å². The van der Waals surface area contributed by atoms with Crippen LogP contribution in [-0.4, -0.2) is 114 Å². The number of nitrogens with zero attached hydrogens (tertiary/aromatic N) is 7. The lowest BCUT2D eigenvalue weighted by Crippen LogP contribution is -2.62. The second-order valence-electron chi connectivity index (χ2n) is 19.3. The van der Waals surface area contributed by atoms with Gasteiger partial charge >= 0.3 is 6.17 Å². The summed E-state index contributed by atoms with van der Waals surface area (Å²) in [4.78, 5) is 77.8. The molecule has 0 unspecified atom stereocenters. The Hall–Kier alpha value is -6.94. The zero-order valence-corrected chi connectivity index (χ0v) is 42.5. The highest BCUT2D eigenvalue weighted by atomic mass is 16.8. The number of fused-ring (bicyclic) bond motifs is 6. The van der Waals surface area contributed by atoms with Crippen LogP contribution in [0.25, 0.3) is 33.3 Å². The maximum absolute atomic E-state index is 14.7. The van der Waals surface area contributed by atoms with E-state index in [4.69, 9.17) is 19.0 Å². The number of likely N-dealkylation sites (N-methyl/N-ethyl adjacent to an activating group) is 1. The maximum atomic E-state index is 14.7. The topological polar surface area (TPSA) is 181 Å². The molecule has 3 aromatic carbocycles. The van der Waals surface area contributed by atoms with Gasteiger partial charge in [0.25, 0.3) is 5.91 Å². The van der Waals surface area contributed by atoms with Crippen molar-refractivity contribution in [1.29, 1.82) is 0 Å². The summed E-state index contributed by atoms with van der Waals surface area (Å²) in [5.41, 5.74) is 11.3. The average Bonchev–Trinajstić information content (AvgIpc) is 3.67. The minimum atomic E-state index is -1.06. The lowest BCUT2D eigenvalue weighted by molar-refractivity contribution is -0.835. The van der Waals surface area contributed by atoms with Crippen LogP contribution in [-0.2, 0) is 56.5 Å². The fourth-order valence-corrected chi connectivity index (χ4v) is 9.74. The molecule has 6 bridgehead atoms. The fourth-order valence-electron chi connectivity index (χ4n) is 9.74. The molecule has 0 saturated carbocycles. The summed E-state index contributed by atoms with van der Waals surface area (Å²) in [6, 6.07) is 22.6. The highest BCUT2D eigenvalue weighted by Gasteiger charge is 2.40. The lowest BCUT2D eigenvalue weighted by Gasteiger charge is -2.34. The number of hydrogen-bond donors (Lipinski definition) is 2. The standard InChI is InChI=1S/C54H67N9O8/c1-10-61-45-20-19-38-28-40(45)41(51(61)42-30-55-23-21-39(42)32-68-7)29-54(4,5)33-71-63(67)48-18-13-25-62(59-48)53(66)44(27-36-14-11-15-37(38)26-36)58-52(65)50(35(2)3)60(6)49(64)22-24-56-34-57-31-43-46(69-8)16-12-17-47(43)70-9/h11-12,14-17,19-21,23,26,28,30,35,44,48,50,59H,10,13,18,22,24-25,27,29,31-33H2,1-9H3/p+1/t44-,48+,50-/m0/s1. The Kier molecular flexibility index (Phi) is 17.0. The van der Waals surface area contributed by atoms with E-state index in [1.54, 1.807) is 34.6 Å². The average molecular weight is 971 g/mol. The van der Waals surface area contributed by atoms with Gasteiger partial charge in [0.1, 0.15) is 23.6 Å². The molecule has 0 spiro atoms. The molecule has 1 saturated heterocycles. The van der Waals surface area contributed by atoms with Crippen molar-refractivity contribution in [2.45, 2.75) is 105 Å². The Labute approximate surface area is 416 Å². The van der Waals surface area contributed by atoms with Crippen molar-refractivity contribution < 1.29 is 38.4 Å². The number of carbonyl (C=O) groups is 3. The Morgan fingerprint density at radius 2 is 1.79 bits per heavy atom. The molecule has 2 aliphatic heterocycles. The van der Waals surface area contributed by atoms with Crippen LogP contribution in [0.15, 0.2) is 89.1 Å². The first-order valence-corrected chi connectivity index (χ1v) is 24.4. The molecule has 0 radical (unpaired) electrons. The van der Waals surface area contributed by atoms with Gasteiger partial charge in [-0.3, -0.25) is 24.4 Å². The molecule has 3 amide bonds. The normalized spacial score (nSPS) is 17.4. The van der Waals surface area contributed by atoms with Gasteiger partial charge in [0.05, 0.1) is 56.1 Å². The monoisotopic (exact) mass is 971 g/mol. The summed E-state index contributed by atoms with van der Waals surface area (Å²) >= 11 is 0. The van der Waals surface area contributed by atoms with E-state index in [1.807, 2.05) is 62.5 Å². The minimum absolute atomic E-state index is 0.00275. The molecule has 17 nitrogen and oxygen atoms in total. The van der Waals surface area contributed by atoms with E-state index in [1.165, 1.54) is 9.91 Å². The van der Waals surface area contributed by atoms with Gasteiger partial charge in [0.15, 0.2) is 6.61 Å². The zero-order valence-electron chi connectivity index (χ0n) is 42.5. The summed E-state index contributed by atoms with van der Waals surface area (Å²) in [6.07, 6.45) is 4.49. The number of hydrazine groups is 1. The largest absolute Gasteiger partial charge is 0.496 e. The molecule has 7 rings (SSSR count). The molecule has 2 aromatic heterocycles. The number of nitrogens with one attached hydrogen (secondary N) is 2. The molecule has 2 aliphatic rings. The first kappa shape index (κ1) is 51.9. The van der Waals surface area contributed by atoms with E-state index in [2.05, 4.69) is 81.3 Å². The molecule has 17 heteroatoms. The molecular weight excluding hydrogens is 903 g/mol. The molecule has 2 N–H and O–H groups in total. The first-order chi connectivity index (χ1) is 34.2. The maximum Gasteiger partial charge on any atom is 0.326 e. The Bertz CT molecular complexity index is 2780. The van der Waals surface area contributed by atoms with Crippen molar-refractivity contribution in [2.24, 2.45) is 21.3 Å². The van der Waals surface area contributed by atoms with Gasteiger partial charge < -0.3 is 29.0 Å². The molecule has 376 valence electrons. The van der Waals surface area contributed by atoms with Gasteiger partial charge in [-0.15, -0.1) is 0 Å². The highest BCUT2D eigenvalue weighted by Crippen LogP contribution is 2.41. The Morgan fingerprint density at radius 3 is 2.51 bits per heavy atom. The van der Waals surface area contributed by atoms with Crippen LogP contribution in [0.3, 0.4) is 0 Å². The highest BCUT2D eigenvalue weighted by molar-refractivity contribution is 5.96. The van der Waals surface area contributed by atoms with E-state index in [-0.39, 0.29) is 44.4 Å². The second-order valence-corrected chi connectivity index (χ2v) is 19.3. The molecule has 3 atom stereocenters. The first-order valence-electron chi connectivity index (χ1n) is 24.4. The molecule has 4 heterocycles. The van der Waals surface area contributed by atoms with E-state index >= 15 is 0 Å². The third-order valence-electron chi connectivity index (χ3n) is 13.2. The number of carbonyl (C=O) groups excluding carboxylic acids is 3. The molecule has 5 aromatic rings. The number of methoxy groups -OCH3 is 3. The van der Waals surface area contributed by atoms with Crippen LogP contribution >= 0.6 is 0 Å². The summed E-state index contributed by atoms with van der Waals surface area (Å²) in [5, 5.41) is 5.53. The zero-order chi connectivity index (χ0) is 50.8. The van der Waals surface area contributed by atoms with Crippen LogP contribution in [0.1, 0.15) is 76.1 Å². The van der Waals surface area contributed by atoms with Crippen molar-refractivity contribution in [1.82, 2.24) is 30.2 Å². The van der Waals surface area contributed by atoms with Crippen LogP contribution < -0.4 is 20.2 Å². The number of aryl methyl sites for hydroxylation is 1. The molecule has 71 heavy (non-hydrogen) atoms. The van der Waals surface area contributed by atoms with Gasteiger partial charge in [-0.1, -0.05) is 64.1 Å². The van der Waals surface area contributed by atoms with E-state index in [9.17, 15) is 19.3 Å². The quantitative estimate of drug-likeness (QED) is 0.0994. The van der Waals surface area contributed by atoms with Gasteiger partial charge in [0.2, 0.25) is 16.7 Å². The number of amides is 3. The summed E-state index contributed by atoms with van der Waals surface area (Å²) in [7, 11) is 6.42. The summed E-state index contributed by atoms with van der Waals surface area (Å²) in [6.45, 7) is 11.9. The van der Waals surface area contributed by atoms with Gasteiger partial charge in [-0.05, 0) is 83.8 Å². The predicted octanol–water partition coefficient (Wildman–Crippen LogP) is 7.57. The smallest absolute Gasteiger partial charge is 0.326 e. The van der Waals surface area contributed by atoms with Crippen LogP contribution in [0, 0.1) is 16.2 Å². The SMILES string of the molecule is CCn1c(-c2cnccc2COC)c2c3cc(ccc31)-c1cccc(c1)C[C@H](NC(=O)[C@H](C(C)C)N(C)C(=O)CCN=C=NCc1c(OC)cccc1OC)C(=O)N1CCC[C@H](N1)[N+](=O)OCC(C)(C)C2. The third-order valence-corrected chi connectivity index (χ3v) is 13.2.